The number of benzene rings is 1. The van der Waals surface area contributed by atoms with E-state index in [0.29, 0.717) is 0 Å². The van der Waals surface area contributed by atoms with Gasteiger partial charge in [-0.25, -0.2) is 0 Å². The van der Waals surface area contributed by atoms with Gasteiger partial charge in [-0.15, -0.1) is 0 Å². The van der Waals surface area contributed by atoms with Crippen LogP contribution < -0.4 is 0 Å². The molecule has 0 bridgehead atoms. The maximum absolute atomic E-state index is 5.38. The van der Waals surface area contributed by atoms with Crippen LogP contribution in [0.4, 0.5) is 0 Å². The maximum Gasteiger partial charge on any atom is 0.169 e. The number of hydrogen-bond acceptors (Lipinski definition) is 1. The maximum atomic E-state index is 5.38. The van der Waals surface area contributed by atoms with E-state index in [1.165, 1.54) is 0 Å². The van der Waals surface area contributed by atoms with Gasteiger partial charge in [0.15, 0.2) is 4.67 Å². The molecular weight excluding hydrogens is 264 g/mol. The van der Waals surface area contributed by atoms with Gasteiger partial charge in [0.25, 0.3) is 0 Å². The molecule has 0 fully saturated rings. The summed E-state index contributed by atoms with van der Waals surface area (Å²) in [5.41, 5.74) is 2.24. The molecule has 1 heterocycles. The summed E-state index contributed by atoms with van der Waals surface area (Å²) in [6, 6.07) is 11.9. The molecule has 1 aromatic carbocycles. The van der Waals surface area contributed by atoms with Gasteiger partial charge in [0.1, 0.15) is 5.76 Å². The van der Waals surface area contributed by atoms with E-state index in [4.69, 9.17) is 4.42 Å². The van der Waals surface area contributed by atoms with Gasteiger partial charge in [-0.3, -0.25) is 0 Å². The summed E-state index contributed by atoms with van der Waals surface area (Å²) in [6.07, 6.45) is 5.80. The fraction of sp³-hybridized carbons (Fsp3) is 0. The second kappa shape index (κ2) is 4.99. The van der Waals surface area contributed by atoms with Crippen LogP contribution >= 0.6 is 15.9 Å². The smallest absolute Gasteiger partial charge is 0.169 e. The van der Waals surface area contributed by atoms with Gasteiger partial charge in [-0.05, 0) is 45.3 Å². The monoisotopic (exact) mass is 274 g/mol. The molecule has 0 aliphatic rings. The summed E-state index contributed by atoms with van der Waals surface area (Å²) in [5, 5.41) is 0. The Kier molecular flexibility index (Phi) is 3.42. The molecule has 0 spiro atoms. The molecule has 0 radical (unpaired) electrons. The van der Waals surface area contributed by atoms with Gasteiger partial charge in [-0.2, -0.15) is 0 Å². The fourth-order valence-electron chi connectivity index (χ4n) is 1.44. The highest BCUT2D eigenvalue weighted by atomic mass is 79.9. The first-order valence-electron chi connectivity index (χ1n) is 4.94. The molecule has 0 amide bonds. The van der Waals surface area contributed by atoms with Crippen molar-refractivity contribution < 1.29 is 4.42 Å². The first-order chi connectivity index (χ1) is 7.79. The molecule has 2 rings (SSSR count). The molecular formula is C14H11BrO. The SMILES string of the molecule is C=Cc1ccccc1/C=C/c1ccc(Br)o1. The first kappa shape index (κ1) is 11.0. The van der Waals surface area contributed by atoms with Crippen molar-refractivity contribution >= 4 is 34.2 Å². The van der Waals surface area contributed by atoms with Crippen LogP contribution in [0.3, 0.4) is 0 Å². The van der Waals surface area contributed by atoms with E-state index in [1.54, 1.807) is 0 Å². The van der Waals surface area contributed by atoms with E-state index in [1.807, 2.05) is 54.6 Å². The lowest BCUT2D eigenvalue weighted by Crippen LogP contribution is -1.77. The van der Waals surface area contributed by atoms with Crippen LogP contribution in [0.1, 0.15) is 16.9 Å². The minimum Gasteiger partial charge on any atom is -0.450 e. The summed E-state index contributed by atoms with van der Waals surface area (Å²) in [6.45, 7) is 3.79. The number of halogens is 1. The third kappa shape index (κ3) is 2.52. The molecule has 1 nitrogen and oxygen atoms in total. The molecule has 16 heavy (non-hydrogen) atoms. The number of rotatable bonds is 3. The second-order valence-electron chi connectivity index (χ2n) is 3.31. The lowest BCUT2D eigenvalue weighted by Gasteiger charge is -1.98. The zero-order valence-corrected chi connectivity index (χ0v) is 10.3. The van der Waals surface area contributed by atoms with Crippen LogP contribution in [-0.2, 0) is 0 Å². The average molecular weight is 275 g/mol. The predicted octanol–water partition coefficient (Wildman–Crippen LogP) is 4.86. The van der Waals surface area contributed by atoms with Gasteiger partial charge < -0.3 is 4.42 Å². The Morgan fingerprint density at radius 3 is 2.38 bits per heavy atom. The van der Waals surface area contributed by atoms with E-state index in [2.05, 4.69) is 22.5 Å². The van der Waals surface area contributed by atoms with E-state index in [-0.39, 0.29) is 0 Å². The van der Waals surface area contributed by atoms with Gasteiger partial charge in [0.2, 0.25) is 0 Å². The second-order valence-corrected chi connectivity index (χ2v) is 4.09. The topological polar surface area (TPSA) is 13.1 Å². The molecule has 2 heteroatoms. The summed E-state index contributed by atoms with van der Waals surface area (Å²) in [7, 11) is 0. The van der Waals surface area contributed by atoms with Gasteiger partial charge in [-0.1, -0.05) is 43.0 Å². The van der Waals surface area contributed by atoms with Crippen molar-refractivity contribution in [2.24, 2.45) is 0 Å². The van der Waals surface area contributed by atoms with Crippen molar-refractivity contribution in [1.82, 2.24) is 0 Å². The van der Waals surface area contributed by atoms with E-state index < -0.39 is 0 Å². The number of furan rings is 1. The largest absolute Gasteiger partial charge is 0.450 e. The molecule has 0 atom stereocenters. The summed E-state index contributed by atoms with van der Waals surface area (Å²) < 4.78 is 6.12. The average Bonchev–Trinajstić information content (AvgIpc) is 2.73. The molecule has 1 aromatic heterocycles. The van der Waals surface area contributed by atoms with Crippen LogP contribution in [0.2, 0.25) is 0 Å². The van der Waals surface area contributed by atoms with E-state index in [0.717, 1.165) is 21.6 Å². The molecule has 0 aliphatic carbocycles. The van der Waals surface area contributed by atoms with Crippen LogP contribution in [0.25, 0.3) is 18.2 Å². The van der Waals surface area contributed by atoms with E-state index in [9.17, 15) is 0 Å². The van der Waals surface area contributed by atoms with Gasteiger partial charge >= 0.3 is 0 Å². The summed E-state index contributed by atoms with van der Waals surface area (Å²) in [5.74, 6) is 0.825. The molecule has 0 saturated heterocycles. The molecule has 0 saturated carbocycles. The van der Waals surface area contributed by atoms with Crippen molar-refractivity contribution in [2.45, 2.75) is 0 Å². The quantitative estimate of drug-likeness (QED) is 0.780. The molecule has 0 unspecified atom stereocenters. The van der Waals surface area contributed by atoms with Crippen molar-refractivity contribution in [3.63, 3.8) is 0 Å². The predicted molar refractivity (Wildman–Crippen MR) is 71.9 cm³/mol. The highest BCUT2D eigenvalue weighted by Crippen LogP contribution is 2.18. The highest BCUT2D eigenvalue weighted by molar-refractivity contribution is 9.10. The van der Waals surface area contributed by atoms with Crippen molar-refractivity contribution in [3.05, 3.63) is 64.5 Å². The minimum atomic E-state index is 0.740. The number of hydrogen-bond donors (Lipinski definition) is 0. The lowest BCUT2D eigenvalue weighted by molar-refractivity contribution is 0.532. The van der Waals surface area contributed by atoms with Crippen LogP contribution in [0, 0.1) is 0 Å². The lowest BCUT2D eigenvalue weighted by atomic mass is 10.1. The highest BCUT2D eigenvalue weighted by Gasteiger charge is 1.96. The Morgan fingerprint density at radius 2 is 1.75 bits per heavy atom. The molecule has 0 aliphatic heterocycles. The van der Waals surface area contributed by atoms with Gasteiger partial charge in [0.05, 0.1) is 0 Å². The normalized spacial score (nSPS) is 10.8. The summed E-state index contributed by atoms with van der Waals surface area (Å²) in [4.78, 5) is 0. The Hall–Kier alpha value is -1.54. The molecule has 80 valence electrons. The molecule has 0 N–H and O–H groups in total. The van der Waals surface area contributed by atoms with Crippen LogP contribution in [-0.4, -0.2) is 0 Å². The standard InChI is InChI=1S/C14H11BrO/c1-2-11-5-3-4-6-12(11)7-8-13-9-10-14(15)16-13/h2-10H,1H2/b8-7+. The zero-order valence-electron chi connectivity index (χ0n) is 8.69. The zero-order chi connectivity index (χ0) is 11.4. The summed E-state index contributed by atoms with van der Waals surface area (Å²) >= 11 is 3.27. The molecule has 2 aromatic rings. The van der Waals surface area contributed by atoms with Gasteiger partial charge in [0, 0.05) is 0 Å². The third-order valence-corrected chi connectivity index (χ3v) is 2.66. The van der Waals surface area contributed by atoms with Crippen molar-refractivity contribution in [3.8, 4) is 0 Å². The Morgan fingerprint density at radius 1 is 1.00 bits per heavy atom. The van der Waals surface area contributed by atoms with Crippen molar-refractivity contribution in [2.75, 3.05) is 0 Å². The Balaban J connectivity index is 2.26. The van der Waals surface area contributed by atoms with Crippen molar-refractivity contribution in [1.29, 1.82) is 0 Å². The first-order valence-corrected chi connectivity index (χ1v) is 5.74. The van der Waals surface area contributed by atoms with E-state index >= 15 is 0 Å². The van der Waals surface area contributed by atoms with Crippen LogP contribution in [0.15, 0.2) is 52.1 Å². The third-order valence-electron chi connectivity index (χ3n) is 2.24. The van der Waals surface area contributed by atoms with Crippen LogP contribution in [0.5, 0.6) is 0 Å². The Labute approximate surface area is 103 Å². The minimum absolute atomic E-state index is 0.740. The Bertz CT molecular complexity index is 523. The fourth-order valence-corrected chi connectivity index (χ4v) is 1.76.